The van der Waals surface area contributed by atoms with E-state index < -0.39 is 80.9 Å². The van der Waals surface area contributed by atoms with Crippen LogP contribution in [0.25, 0.3) is 0 Å². The summed E-state index contributed by atoms with van der Waals surface area (Å²) in [5.74, 6) is 0. The average Bonchev–Trinajstić information content (AvgIpc) is 3.87. The van der Waals surface area contributed by atoms with Crippen molar-refractivity contribution in [2.24, 2.45) is 0 Å². The van der Waals surface area contributed by atoms with Crippen LogP contribution in [0.5, 0.6) is 0 Å². The summed E-state index contributed by atoms with van der Waals surface area (Å²) < 4.78 is 87.3. The molecular weight excluding hydrogens is 809 g/mol. The quantitative estimate of drug-likeness (QED) is 0.0789. The second-order valence-electron chi connectivity index (χ2n) is 12.3. The van der Waals surface area contributed by atoms with E-state index in [2.05, 4.69) is 45.8 Å². The molecule has 25 heteroatoms. The predicted molar refractivity (Wildman–Crippen MR) is 213 cm³/mol. The molecule has 0 N–H and O–H groups in total. The Bertz CT molecular complexity index is 854. The smallest absolute Gasteiger partial charge is 0.444 e. The van der Waals surface area contributed by atoms with Gasteiger partial charge < -0.3 is 64.8 Å². The molecule has 0 radical (unpaired) electrons. The number of hydrogen-bond acceptors (Lipinski definition) is 15. The number of hydrogen-bond donors (Lipinski definition) is 0. The second-order valence-corrected chi connectivity index (χ2v) is 38.6. The monoisotopic (exact) mass is 876 g/mol. The van der Waals surface area contributed by atoms with Crippen LogP contribution in [0, 0.1) is 0 Å². The van der Waals surface area contributed by atoms with Crippen LogP contribution in [-0.2, 0) is 64.8 Å². The van der Waals surface area contributed by atoms with Gasteiger partial charge >= 0.3 is 34.7 Å². The third-order valence-corrected chi connectivity index (χ3v) is 41.0. The van der Waals surface area contributed by atoms with Gasteiger partial charge in [0.2, 0.25) is 0 Å². The number of rotatable bonds is 24. The molecule has 0 aromatic heterocycles. The topological polar surface area (TPSA) is 142 Å². The molecule has 8 unspecified atom stereocenters. The van der Waals surface area contributed by atoms with E-state index in [0.717, 1.165) is 31.2 Å². The molecule has 8 atom stereocenters. The first-order valence-corrected chi connectivity index (χ1v) is 39.0. The minimum atomic E-state index is -2.70. The molecule has 2 fully saturated rings. The molecule has 294 valence electrons. The Morgan fingerprint density at radius 2 is 1.29 bits per heavy atom. The molecule has 2 aliphatic rings. The Morgan fingerprint density at radius 3 is 1.78 bits per heavy atom. The summed E-state index contributed by atoms with van der Waals surface area (Å²) in [5.41, 5.74) is 0. The van der Waals surface area contributed by atoms with Crippen LogP contribution in [-0.4, -0.2) is 159 Å². The van der Waals surface area contributed by atoms with Crippen LogP contribution in [0.4, 0.5) is 0 Å². The Morgan fingerprint density at radius 1 is 0.776 bits per heavy atom. The van der Waals surface area contributed by atoms with Crippen molar-refractivity contribution in [2.75, 3.05) is 62.5 Å². The Hall–Kier alpha value is 1.57. The summed E-state index contributed by atoms with van der Waals surface area (Å²) in [6.45, 7) is 19.0. The zero-order chi connectivity index (χ0) is 37.1. The molecule has 0 aliphatic carbocycles. The fourth-order valence-electron chi connectivity index (χ4n) is 5.47. The molecule has 0 aromatic rings. The van der Waals surface area contributed by atoms with E-state index in [1.807, 2.05) is 6.55 Å². The highest BCUT2D eigenvalue weighted by molar-refractivity contribution is 6.87. The van der Waals surface area contributed by atoms with Gasteiger partial charge in [-0.25, -0.2) is 0 Å². The molecule has 2 heterocycles. The Labute approximate surface area is 311 Å². The first-order valence-electron chi connectivity index (χ1n) is 17.2. The van der Waals surface area contributed by atoms with Crippen molar-refractivity contribution in [3.63, 3.8) is 0 Å². The van der Waals surface area contributed by atoms with E-state index in [4.69, 9.17) is 64.8 Å². The lowest BCUT2D eigenvalue weighted by Gasteiger charge is -2.43. The number of ether oxygens (including phenoxy) is 2. The molecule has 0 bridgehead atoms. The fraction of sp³-hybridized carbons (Fsp3) is 1.00. The maximum Gasteiger partial charge on any atom is 0.500 e. The summed E-state index contributed by atoms with van der Waals surface area (Å²) in [7, 11) is -8.56. The summed E-state index contributed by atoms with van der Waals surface area (Å²) in [4.78, 5) is 0. The van der Waals surface area contributed by atoms with Crippen LogP contribution < -0.4 is 0 Å². The van der Waals surface area contributed by atoms with Gasteiger partial charge in [-0.2, -0.15) is 0 Å². The largest absolute Gasteiger partial charge is 0.500 e. The molecule has 0 aromatic carbocycles. The van der Waals surface area contributed by atoms with E-state index in [9.17, 15) is 0 Å². The summed E-state index contributed by atoms with van der Waals surface area (Å²) in [5, 5.41) is 0. The Balaban J connectivity index is 0.000000528. The van der Waals surface area contributed by atoms with Crippen molar-refractivity contribution in [2.45, 2.75) is 95.1 Å². The molecule has 49 heavy (non-hydrogen) atoms. The van der Waals surface area contributed by atoms with Crippen molar-refractivity contribution in [1.82, 2.24) is 0 Å². The van der Waals surface area contributed by atoms with Gasteiger partial charge in [-0.05, 0) is 70.4 Å². The third kappa shape index (κ3) is 19.6. The van der Waals surface area contributed by atoms with Crippen molar-refractivity contribution in [3.05, 3.63) is 0 Å². The van der Waals surface area contributed by atoms with E-state index in [0.29, 0.717) is 31.4 Å². The van der Waals surface area contributed by atoms with Gasteiger partial charge in [0.05, 0.1) is 13.2 Å². The minimum Gasteiger partial charge on any atom is -0.444 e. The van der Waals surface area contributed by atoms with Crippen LogP contribution in [0.15, 0.2) is 0 Å². The fourth-order valence-corrected chi connectivity index (χ4v) is 39.5. The highest BCUT2D eigenvalue weighted by Crippen LogP contribution is 2.32. The van der Waals surface area contributed by atoms with Crippen LogP contribution in [0.1, 0.15) is 6.42 Å². The van der Waals surface area contributed by atoms with Crippen molar-refractivity contribution in [1.29, 1.82) is 0 Å². The molecule has 2 aliphatic heterocycles. The van der Waals surface area contributed by atoms with Crippen LogP contribution in [0.3, 0.4) is 0 Å². The van der Waals surface area contributed by atoms with Gasteiger partial charge in [0.25, 0.3) is 37.1 Å². The summed E-state index contributed by atoms with van der Waals surface area (Å²) in [6, 6.07) is 3.98. The van der Waals surface area contributed by atoms with E-state index in [1.54, 1.807) is 42.7 Å². The van der Waals surface area contributed by atoms with Gasteiger partial charge in [0.15, 0.2) is 9.04 Å². The summed E-state index contributed by atoms with van der Waals surface area (Å²) >= 11 is 0. The zero-order valence-electron chi connectivity index (χ0n) is 32.7. The molecule has 15 nitrogen and oxygen atoms in total. The van der Waals surface area contributed by atoms with E-state index >= 15 is 0 Å². The summed E-state index contributed by atoms with van der Waals surface area (Å²) in [6.07, 6.45) is 1.18. The lowest BCUT2D eigenvalue weighted by atomic mass is 10.5. The van der Waals surface area contributed by atoms with Crippen LogP contribution >= 0.6 is 0 Å². The normalized spacial score (nSPS) is 28.4. The maximum atomic E-state index is 6.77. The highest BCUT2D eigenvalue weighted by atomic mass is 28.5. The maximum absolute atomic E-state index is 6.77. The molecule has 2 saturated heterocycles. The average molecular weight is 878 g/mol. The molecule has 0 spiro atoms. The third-order valence-electron chi connectivity index (χ3n) is 8.09. The first-order chi connectivity index (χ1) is 23.1. The molecular formula is C24H68O15Si10. The van der Waals surface area contributed by atoms with Crippen molar-refractivity contribution in [3.8, 4) is 0 Å². The van der Waals surface area contributed by atoms with Gasteiger partial charge in [-0.15, -0.1) is 0 Å². The minimum absolute atomic E-state index is 0.292. The zero-order valence-corrected chi connectivity index (χ0v) is 43.8. The SMILES string of the molecule is CO[Si](CC[SiH](C)O[SiH](C)O[SiH](C)O[SiH2]C)(OC)OC.CO[Si](CC[Si]1(C)O[SiH](C)O[SiH](C)O[Si](C)(CCCOCC2CO2)O1)(OC)OC. The number of epoxide rings is 1. The lowest BCUT2D eigenvalue weighted by molar-refractivity contribution is 0.115. The van der Waals surface area contributed by atoms with E-state index in [-0.39, 0.29) is 9.76 Å². The van der Waals surface area contributed by atoms with Crippen molar-refractivity contribution < 1.29 is 64.8 Å². The standard InChI is InChI=1S/C15H38O9Si5.C9H30O6Si5/c1-16-29(17-2,18-3)12-11-28(7)23-26(5)21-25(4)22-27(6,24-28)10-8-9-19-13-15-14-20-15;1-10-20(11-2,12-3)9-8-17(5)14-19(7)15-18(6)13-16-4/h15,25-26H,8-14H2,1-7H3;17-19H,8-9,16H2,1-7H3. The van der Waals surface area contributed by atoms with Gasteiger partial charge in [0.1, 0.15) is 15.9 Å². The molecule has 0 amide bonds. The van der Waals surface area contributed by atoms with Gasteiger partial charge in [0, 0.05) is 61.4 Å². The second kappa shape index (κ2) is 24.9. The lowest BCUT2D eigenvalue weighted by Crippen LogP contribution is -2.60. The van der Waals surface area contributed by atoms with Gasteiger partial charge in [-0.3, -0.25) is 0 Å². The molecule has 0 saturated carbocycles. The van der Waals surface area contributed by atoms with Crippen LogP contribution in [0.2, 0.25) is 82.6 Å². The van der Waals surface area contributed by atoms with Crippen molar-refractivity contribution >= 4 is 90.7 Å². The van der Waals surface area contributed by atoms with E-state index in [1.165, 1.54) is 0 Å². The molecule has 2 rings (SSSR count). The highest BCUT2D eigenvalue weighted by Gasteiger charge is 2.50. The Kier molecular flexibility index (Phi) is 24.7. The predicted octanol–water partition coefficient (Wildman–Crippen LogP) is 1.70. The first kappa shape index (κ1) is 48.6. The van der Waals surface area contributed by atoms with Gasteiger partial charge in [-0.1, -0.05) is 6.55 Å².